The molecule has 2 amide bonds. The van der Waals surface area contributed by atoms with E-state index in [2.05, 4.69) is 20.5 Å². The molecule has 3 rings (SSSR count). The number of piperidine rings is 1. The van der Waals surface area contributed by atoms with Gasteiger partial charge in [-0.25, -0.2) is 9.37 Å². The number of nitrogens with one attached hydrogen (secondary N) is 2. The summed E-state index contributed by atoms with van der Waals surface area (Å²) in [6.07, 6.45) is 5.23. The quantitative estimate of drug-likeness (QED) is 0.592. The Morgan fingerprint density at radius 2 is 1.90 bits per heavy atom. The largest absolute Gasteiger partial charge is 0.375 e. The van der Waals surface area contributed by atoms with Crippen LogP contribution in [0.4, 0.5) is 9.52 Å². The molecule has 0 bridgehead atoms. The summed E-state index contributed by atoms with van der Waals surface area (Å²) in [4.78, 5) is 32.7. The lowest BCUT2D eigenvalue weighted by Gasteiger charge is -2.32. The molecule has 1 fully saturated rings. The maximum atomic E-state index is 13.2. The zero-order valence-electron chi connectivity index (χ0n) is 17.1. The van der Waals surface area contributed by atoms with E-state index in [0.29, 0.717) is 5.13 Å². The number of nitrogens with zero attached hydrogens (tertiary/aromatic N) is 2. The lowest BCUT2D eigenvalue weighted by molar-refractivity contribution is -0.132. The third-order valence-corrected chi connectivity index (χ3v) is 6.14. The topological polar surface area (TPSA) is 100 Å². The van der Waals surface area contributed by atoms with Crippen LogP contribution >= 0.6 is 11.3 Å². The monoisotopic (exact) mass is 433 g/mol. The van der Waals surface area contributed by atoms with E-state index < -0.39 is 6.04 Å². The lowest BCUT2D eigenvalue weighted by Crippen LogP contribution is -2.54. The highest BCUT2D eigenvalue weighted by Crippen LogP contribution is 2.15. The Kier molecular flexibility index (Phi) is 7.75. The molecule has 1 aliphatic rings. The van der Waals surface area contributed by atoms with E-state index in [1.54, 1.807) is 18.3 Å². The van der Waals surface area contributed by atoms with Crippen molar-refractivity contribution in [3.05, 3.63) is 46.7 Å². The van der Waals surface area contributed by atoms with Crippen molar-refractivity contribution < 1.29 is 14.0 Å². The number of hydrogen-bond donors (Lipinski definition) is 3. The molecule has 0 saturated carbocycles. The first-order valence-electron chi connectivity index (χ1n) is 10.2. The first kappa shape index (κ1) is 22.2. The van der Waals surface area contributed by atoms with E-state index >= 15 is 0 Å². The fourth-order valence-electron chi connectivity index (χ4n) is 3.53. The van der Waals surface area contributed by atoms with Gasteiger partial charge < -0.3 is 16.4 Å². The summed E-state index contributed by atoms with van der Waals surface area (Å²) in [6.45, 7) is 3.92. The highest BCUT2D eigenvalue weighted by Gasteiger charge is 2.27. The van der Waals surface area contributed by atoms with Crippen molar-refractivity contribution in [2.45, 2.75) is 51.2 Å². The first-order valence-corrected chi connectivity index (χ1v) is 11.0. The molecule has 4 N–H and O–H groups in total. The standard InChI is InChI=1S/C21H28FN5O2S/c1-14(27-9-3-2-4-10-27)19(28)26-18(11-15-5-7-16(22)8-6-15)20(29)24-12-17-13-25-21(23)30-17/h5-8,13-14,18H,2-4,9-12H2,1H3,(H2,23,25)(H,24,29)(H,26,28)/t14-,18+/m1/s1. The zero-order chi connectivity index (χ0) is 21.5. The van der Waals surface area contributed by atoms with Crippen LogP contribution in [0.25, 0.3) is 0 Å². The van der Waals surface area contributed by atoms with Crippen LogP contribution in [0.2, 0.25) is 0 Å². The molecule has 162 valence electrons. The van der Waals surface area contributed by atoms with Gasteiger partial charge in [0.2, 0.25) is 11.8 Å². The zero-order valence-corrected chi connectivity index (χ0v) is 17.9. The minimum absolute atomic E-state index is 0.179. The molecule has 1 aliphatic heterocycles. The Hall–Kier alpha value is -2.52. The van der Waals surface area contributed by atoms with Gasteiger partial charge >= 0.3 is 0 Å². The number of rotatable bonds is 8. The smallest absolute Gasteiger partial charge is 0.243 e. The number of nitrogen functional groups attached to an aromatic ring is 1. The average Bonchev–Trinajstić information content (AvgIpc) is 3.18. The van der Waals surface area contributed by atoms with Gasteiger partial charge in [-0.05, 0) is 50.6 Å². The molecule has 1 saturated heterocycles. The molecular weight excluding hydrogens is 405 g/mol. The van der Waals surface area contributed by atoms with Gasteiger partial charge in [0.05, 0.1) is 12.6 Å². The summed E-state index contributed by atoms with van der Waals surface area (Å²) < 4.78 is 13.2. The number of hydrogen-bond acceptors (Lipinski definition) is 6. The van der Waals surface area contributed by atoms with E-state index in [4.69, 9.17) is 5.73 Å². The van der Waals surface area contributed by atoms with Crippen LogP contribution in [0.15, 0.2) is 30.5 Å². The minimum atomic E-state index is -0.763. The molecule has 1 aromatic carbocycles. The summed E-state index contributed by atoms with van der Waals surface area (Å²) in [5.74, 6) is -0.822. The van der Waals surface area contributed by atoms with Gasteiger partial charge in [-0.2, -0.15) is 0 Å². The number of amides is 2. The number of aromatic nitrogens is 1. The summed E-state index contributed by atoms with van der Waals surface area (Å²) in [5.41, 5.74) is 6.40. The second kappa shape index (κ2) is 10.5. The Morgan fingerprint density at radius 3 is 2.53 bits per heavy atom. The van der Waals surface area contributed by atoms with E-state index in [0.717, 1.165) is 36.4 Å². The molecule has 30 heavy (non-hydrogen) atoms. The molecule has 0 aliphatic carbocycles. The maximum Gasteiger partial charge on any atom is 0.243 e. The Labute approximate surface area is 179 Å². The average molecular weight is 434 g/mol. The van der Waals surface area contributed by atoms with Gasteiger partial charge in [-0.1, -0.05) is 18.6 Å². The van der Waals surface area contributed by atoms with E-state index in [1.807, 2.05) is 6.92 Å². The van der Waals surface area contributed by atoms with Gasteiger partial charge in [0.15, 0.2) is 5.13 Å². The first-order chi connectivity index (χ1) is 14.4. The highest BCUT2D eigenvalue weighted by atomic mass is 32.1. The van der Waals surface area contributed by atoms with E-state index in [9.17, 15) is 14.0 Å². The van der Waals surface area contributed by atoms with Crippen LogP contribution in [0.3, 0.4) is 0 Å². The predicted octanol–water partition coefficient (Wildman–Crippen LogP) is 2.08. The molecule has 0 spiro atoms. The molecular formula is C21H28FN5O2S. The van der Waals surface area contributed by atoms with E-state index in [-0.39, 0.29) is 36.6 Å². The molecule has 2 atom stereocenters. The molecule has 0 unspecified atom stereocenters. The fourth-order valence-corrected chi connectivity index (χ4v) is 4.15. The van der Waals surface area contributed by atoms with Crippen LogP contribution in [0, 0.1) is 5.82 Å². The van der Waals surface area contributed by atoms with Gasteiger partial charge in [-0.15, -0.1) is 11.3 Å². The van der Waals surface area contributed by atoms with Crippen LogP contribution in [-0.4, -0.2) is 46.9 Å². The lowest BCUT2D eigenvalue weighted by atomic mass is 10.0. The van der Waals surface area contributed by atoms with Gasteiger partial charge in [-0.3, -0.25) is 14.5 Å². The molecule has 7 nitrogen and oxygen atoms in total. The molecule has 2 aromatic rings. The SMILES string of the molecule is C[C@H](C(=O)N[C@@H](Cc1ccc(F)cc1)C(=O)NCc1cnc(N)s1)N1CCCCC1. The summed E-state index contributed by atoms with van der Waals surface area (Å²) in [7, 11) is 0. The third-order valence-electron chi connectivity index (χ3n) is 5.31. The predicted molar refractivity (Wildman–Crippen MR) is 115 cm³/mol. The summed E-state index contributed by atoms with van der Waals surface area (Å²) in [5, 5.41) is 6.17. The minimum Gasteiger partial charge on any atom is -0.375 e. The van der Waals surface area contributed by atoms with Crippen molar-refractivity contribution in [3.8, 4) is 0 Å². The summed E-state index contributed by atoms with van der Waals surface area (Å²) in [6, 6.07) is 4.88. The number of nitrogens with two attached hydrogens (primary N) is 1. The molecule has 0 radical (unpaired) electrons. The van der Waals surface area contributed by atoms with Crippen molar-refractivity contribution in [3.63, 3.8) is 0 Å². The van der Waals surface area contributed by atoms with Gasteiger partial charge in [0, 0.05) is 17.5 Å². The van der Waals surface area contributed by atoms with Crippen LogP contribution in [0.5, 0.6) is 0 Å². The number of halogens is 1. The third kappa shape index (κ3) is 6.24. The Balaban J connectivity index is 1.66. The van der Waals surface area contributed by atoms with Crippen molar-refractivity contribution in [2.24, 2.45) is 0 Å². The van der Waals surface area contributed by atoms with Gasteiger partial charge in [0.1, 0.15) is 11.9 Å². The van der Waals surface area contributed by atoms with Crippen LogP contribution in [0.1, 0.15) is 36.6 Å². The fraction of sp³-hybridized carbons (Fsp3) is 0.476. The number of thiazole rings is 1. The van der Waals surface area contributed by atoms with Crippen LogP contribution < -0.4 is 16.4 Å². The maximum absolute atomic E-state index is 13.2. The highest BCUT2D eigenvalue weighted by molar-refractivity contribution is 7.15. The van der Waals surface area contributed by atoms with Gasteiger partial charge in [0.25, 0.3) is 0 Å². The Morgan fingerprint density at radius 1 is 1.20 bits per heavy atom. The second-order valence-corrected chi connectivity index (χ2v) is 8.69. The van der Waals surface area contributed by atoms with Crippen molar-refractivity contribution in [1.82, 2.24) is 20.5 Å². The molecule has 2 heterocycles. The molecule has 1 aromatic heterocycles. The number of anilines is 1. The van der Waals surface area contributed by atoms with Crippen molar-refractivity contribution in [2.75, 3.05) is 18.8 Å². The van der Waals surface area contributed by atoms with Crippen LogP contribution in [-0.2, 0) is 22.6 Å². The van der Waals surface area contributed by atoms with Crippen molar-refractivity contribution >= 4 is 28.3 Å². The number of carbonyl (C=O) groups is 2. The van der Waals surface area contributed by atoms with Crippen molar-refractivity contribution in [1.29, 1.82) is 0 Å². The summed E-state index contributed by atoms with van der Waals surface area (Å²) >= 11 is 1.30. The number of benzene rings is 1. The van der Waals surface area contributed by atoms with E-state index in [1.165, 1.54) is 29.9 Å². The number of carbonyl (C=O) groups excluding carboxylic acids is 2. The number of likely N-dealkylation sites (tertiary alicyclic amines) is 1. The Bertz CT molecular complexity index is 851. The molecule has 9 heteroatoms. The normalized spacial score (nSPS) is 16.6. The second-order valence-electron chi connectivity index (χ2n) is 7.55.